The first-order valence-corrected chi connectivity index (χ1v) is 13.8. The van der Waals surface area contributed by atoms with Crippen LogP contribution >= 0.6 is 23.5 Å². The molecule has 5 unspecified atom stereocenters. The van der Waals surface area contributed by atoms with Crippen LogP contribution in [0.15, 0.2) is 11.0 Å². The normalized spacial score (nSPS) is 24.0. The molecule has 10 N–H and O–H groups in total. The van der Waals surface area contributed by atoms with Crippen LogP contribution in [-0.2, 0) is 31.6 Å². The van der Waals surface area contributed by atoms with Gasteiger partial charge in [0, 0.05) is 12.6 Å². The Morgan fingerprint density at radius 2 is 1.91 bits per heavy atom. The van der Waals surface area contributed by atoms with E-state index in [9.17, 15) is 33.4 Å². The summed E-state index contributed by atoms with van der Waals surface area (Å²) in [5, 5.41) is 10.4. The quantitative estimate of drug-likeness (QED) is 0.136. The van der Waals surface area contributed by atoms with Crippen LogP contribution in [0, 0.1) is 11.8 Å². The summed E-state index contributed by atoms with van der Waals surface area (Å²) in [6, 6.07) is 0. The Morgan fingerprint density at radius 1 is 1.23 bits per heavy atom. The molecule has 35 heavy (non-hydrogen) atoms. The minimum Gasteiger partial charge on any atom is -0.390 e. The maximum absolute atomic E-state index is 12.4. The predicted molar refractivity (Wildman–Crippen MR) is 115 cm³/mol. The molecule has 0 spiro atoms. The minimum absolute atomic E-state index is 0.00823. The molecule has 0 radical (unpaired) electrons. The molecule has 2 aromatic rings. The molecule has 5 atom stereocenters. The van der Waals surface area contributed by atoms with Crippen LogP contribution in [0.25, 0.3) is 11.0 Å². The molecule has 1 aliphatic heterocycles. The van der Waals surface area contributed by atoms with Crippen molar-refractivity contribution in [3.05, 3.63) is 22.1 Å². The van der Waals surface area contributed by atoms with Gasteiger partial charge in [0.25, 0.3) is 5.56 Å². The van der Waals surface area contributed by atoms with Crippen molar-refractivity contribution in [2.45, 2.75) is 24.9 Å². The van der Waals surface area contributed by atoms with Gasteiger partial charge in [-0.15, -0.1) is 0 Å². The molecule has 0 aromatic carbocycles. The van der Waals surface area contributed by atoms with Gasteiger partial charge in [0.15, 0.2) is 5.65 Å². The Hall–Kier alpha value is -1.93. The fourth-order valence-corrected chi connectivity index (χ4v) is 6.17. The van der Waals surface area contributed by atoms with Crippen LogP contribution in [0.1, 0.15) is 18.2 Å². The Labute approximate surface area is 195 Å². The standard InChI is InChI=1S/C14H20N5O13P3/c15-3-1-2-7-5-19(12-11(7)13(21)18-14(16)17-12)10-4-8(20)9(30-10)6-29-34(25,26)32-35(27,28)31-33(22,23)24/h5,8-10,20H,3-4,6,15H2,(H,25,26)(H,27,28)(H2,22,23,24)(H3,16,17,18,21). The summed E-state index contributed by atoms with van der Waals surface area (Å²) >= 11 is 0. The molecule has 18 nitrogen and oxygen atoms in total. The number of fused-ring (bicyclic) bond motifs is 1. The molecule has 0 aliphatic carbocycles. The van der Waals surface area contributed by atoms with Gasteiger partial charge in [0.1, 0.15) is 12.3 Å². The lowest BCUT2D eigenvalue weighted by Crippen LogP contribution is -2.26. The van der Waals surface area contributed by atoms with Crippen molar-refractivity contribution in [2.75, 3.05) is 18.9 Å². The molecular weight excluding hydrogens is 539 g/mol. The smallest absolute Gasteiger partial charge is 0.390 e. The van der Waals surface area contributed by atoms with Crippen molar-refractivity contribution < 1.29 is 56.3 Å². The number of nitrogens with zero attached hydrogens (tertiary/aromatic N) is 2. The zero-order valence-electron chi connectivity index (χ0n) is 17.3. The van der Waals surface area contributed by atoms with Crippen molar-refractivity contribution in [3.63, 3.8) is 0 Å². The number of nitrogen functional groups attached to an aromatic ring is 1. The van der Waals surface area contributed by atoms with Crippen molar-refractivity contribution in [1.82, 2.24) is 14.5 Å². The Bertz CT molecular complexity index is 1370. The Kier molecular flexibility index (Phi) is 8.07. The van der Waals surface area contributed by atoms with Crippen LogP contribution in [0.4, 0.5) is 5.95 Å². The summed E-state index contributed by atoms with van der Waals surface area (Å²) in [5.74, 6) is 5.10. The third kappa shape index (κ3) is 7.06. The first-order valence-electron chi connectivity index (χ1n) is 9.32. The second-order valence-corrected chi connectivity index (χ2v) is 11.3. The number of ether oxygens (including phenoxy) is 1. The van der Waals surface area contributed by atoms with Crippen molar-refractivity contribution in [2.24, 2.45) is 5.73 Å². The predicted octanol–water partition coefficient (Wildman–Crippen LogP) is -1.39. The number of phosphoric acid groups is 3. The number of aliphatic hydroxyl groups excluding tert-OH is 1. The van der Waals surface area contributed by atoms with Crippen LogP contribution in [0.3, 0.4) is 0 Å². The highest BCUT2D eigenvalue weighted by molar-refractivity contribution is 7.66. The molecule has 3 rings (SSSR count). The molecular formula is C14H20N5O13P3. The minimum atomic E-state index is -5.70. The molecule has 0 saturated carbocycles. The summed E-state index contributed by atoms with van der Waals surface area (Å²) in [6.45, 7) is -0.856. The number of aliphatic hydroxyl groups is 1. The highest BCUT2D eigenvalue weighted by Gasteiger charge is 2.43. The van der Waals surface area contributed by atoms with E-state index in [4.69, 9.17) is 26.0 Å². The van der Waals surface area contributed by atoms with E-state index in [1.807, 2.05) is 0 Å². The molecule has 1 fully saturated rings. The number of hydrogen-bond donors (Lipinski definition) is 8. The third-order valence-electron chi connectivity index (χ3n) is 4.36. The number of H-pyrrole nitrogens is 1. The zero-order valence-corrected chi connectivity index (χ0v) is 20.0. The van der Waals surface area contributed by atoms with Crippen LogP contribution in [0.5, 0.6) is 0 Å². The lowest BCUT2D eigenvalue weighted by molar-refractivity contribution is -0.0421. The first kappa shape index (κ1) is 27.7. The number of rotatable bonds is 8. The summed E-state index contributed by atoms with van der Waals surface area (Å²) in [4.78, 5) is 54.6. The molecule has 3 heterocycles. The molecule has 1 aliphatic rings. The van der Waals surface area contributed by atoms with Gasteiger partial charge < -0.3 is 45.5 Å². The average molecular weight is 559 g/mol. The van der Waals surface area contributed by atoms with Crippen molar-refractivity contribution in [3.8, 4) is 11.8 Å². The van der Waals surface area contributed by atoms with E-state index in [0.29, 0.717) is 0 Å². The second kappa shape index (κ2) is 10.2. The molecule has 21 heteroatoms. The van der Waals surface area contributed by atoms with Gasteiger partial charge in [-0.05, 0) is 0 Å². The summed E-state index contributed by atoms with van der Waals surface area (Å²) in [7, 11) is -16.7. The summed E-state index contributed by atoms with van der Waals surface area (Å²) in [6.07, 6.45) is -2.28. The van der Waals surface area contributed by atoms with Gasteiger partial charge in [-0.2, -0.15) is 13.6 Å². The number of hydrogen-bond acceptors (Lipinski definition) is 12. The van der Waals surface area contributed by atoms with E-state index in [0.717, 1.165) is 0 Å². The maximum atomic E-state index is 12.4. The van der Waals surface area contributed by atoms with Gasteiger partial charge >= 0.3 is 23.5 Å². The van der Waals surface area contributed by atoms with Gasteiger partial charge in [-0.25, -0.2) is 13.7 Å². The largest absolute Gasteiger partial charge is 0.490 e. The van der Waals surface area contributed by atoms with Gasteiger partial charge in [0.2, 0.25) is 5.95 Å². The number of nitrogens with one attached hydrogen (secondary N) is 1. The molecule has 0 amide bonds. The topological polar surface area (TPSA) is 292 Å². The van der Waals surface area contributed by atoms with Gasteiger partial charge in [-0.3, -0.25) is 14.3 Å². The van der Waals surface area contributed by atoms with Crippen LogP contribution in [0.2, 0.25) is 0 Å². The zero-order chi connectivity index (χ0) is 26.2. The number of aromatic amines is 1. The number of phosphoric ester groups is 1. The van der Waals surface area contributed by atoms with E-state index in [-0.39, 0.29) is 35.5 Å². The highest BCUT2D eigenvalue weighted by Crippen LogP contribution is 2.66. The Morgan fingerprint density at radius 3 is 2.54 bits per heavy atom. The molecule has 1 saturated heterocycles. The fourth-order valence-electron chi connectivity index (χ4n) is 3.14. The van der Waals surface area contributed by atoms with Crippen molar-refractivity contribution >= 4 is 40.4 Å². The summed E-state index contributed by atoms with van der Waals surface area (Å²) in [5.41, 5.74) is 10.7. The second-order valence-electron chi connectivity index (χ2n) is 6.92. The third-order valence-corrected chi connectivity index (χ3v) is 8.16. The lowest BCUT2D eigenvalue weighted by atomic mass is 10.2. The van der Waals surface area contributed by atoms with Crippen molar-refractivity contribution in [1.29, 1.82) is 0 Å². The van der Waals surface area contributed by atoms with Crippen LogP contribution < -0.4 is 17.0 Å². The van der Waals surface area contributed by atoms with E-state index >= 15 is 0 Å². The Balaban J connectivity index is 1.78. The average Bonchev–Trinajstić information content (AvgIpc) is 3.22. The van der Waals surface area contributed by atoms with Gasteiger partial charge in [0.05, 0.1) is 30.2 Å². The number of aromatic nitrogens is 3. The molecule has 194 valence electrons. The van der Waals surface area contributed by atoms with E-state index in [2.05, 4.69) is 35.0 Å². The van der Waals surface area contributed by atoms with E-state index in [1.165, 1.54) is 10.8 Å². The lowest BCUT2D eigenvalue weighted by Gasteiger charge is -2.19. The van der Waals surface area contributed by atoms with E-state index < -0.39 is 54.1 Å². The molecule has 2 aromatic heterocycles. The maximum Gasteiger partial charge on any atom is 0.490 e. The summed E-state index contributed by atoms with van der Waals surface area (Å²) < 4.78 is 52.7. The molecule has 0 bridgehead atoms. The highest BCUT2D eigenvalue weighted by atomic mass is 31.3. The van der Waals surface area contributed by atoms with Gasteiger partial charge in [-0.1, -0.05) is 11.8 Å². The first-order chi connectivity index (χ1) is 16.1. The van der Waals surface area contributed by atoms with E-state index in [1.54, 1.807) is 0 Å². The SMILES string of the molecule is NCC#Cc1cn(C2CC(O)C(COP(=O)(O)OP(=O)(O)OP(=O)(O)O)O2)c2nc(N)[nH]c(=O)c12. The number of anilines is 1. The van der Waals surface area contributed by atoms with Crippen LogP contribution in [-0.4, -0.2) is 64.6 Å². The fraction of sp³-hybridized carbons (Fsp3) is 0.429. The monoisotopic (exact) mass is 559 g/mol. The number of nitrogens with two attached hydrogens (primary N) is 2.